The van der Waals surface area contributed by atoms with E-state index in [-0.39, 0.29) is 0 Å². The number of hydrogen-bond acceptors (Lipinski definition) is 0. The molecule has 0 heterocycles. The molecule has 6 heavy (non-hydrogen) atoms. The molecule has 0 N–H and O–H groups in total. The molecule has 0 saturated carbocycles. The molecular formula is H2Cu2I4+. The zero-order chi connectivity index (χ0) is 5.58. The van der Waals surface area contributed by atoms with Gasteiger partial charge in [0, 0.05) is 0 Å². The Hall–Kier alpha value is 3.96. The van der Waals surface area contributed by atoms with Gasteiger partial charge < -0.3 is 0 Å². The second-order valence-electron chi connectivity index (χ2n) is 0.143. The second kappa shape index (κ2) is 11.7. The summed E-state index contributed by atoms with van der Waals surface area (Å²) in [5, 5.41) is 0. The Kier molecular flexibility index (Phi) is 24.6. The van der Waals surface area contributed by atoms with E-state index in [9.17, 15) is 0 Å². The Labute approximate surface area is 95.4 Å². The molecule has 0 radical (unpaired) electrons. The SMILES string of the molecule is [Cu][I].[I][Cu-]([IH+])[IH+]. The van der Waals surface area contributed by atoms with E-state index in [1.807, 2.05) is 0 Å². The van der Waals surface area contributed by atoms with Gasteiger partial charge >= 0.3 is 98.3 Å². The predicted molar refractivity (Wildman–Crippen MR) is 30.8 cm³/mol. The summed E-state index contributed by atoms with van der Waals surface area (Å²) in [6.45, 7) is 0. The zero-order valence-corrected chi connectivity index (χ0v) is 13.0. The van der Waals surface area contributed by atoms with Gasteiger partial charge in [-0.15, -0.1) is 0 Å². The molecule has 0 aliphatic heterocycles. The van der Waals surface area contributed by atoms with Crippen LogP contribution >= 0.6 is 40.7 Å². The van der Waals surface area contributed by atoms with Crippen molar-refractivity contribution < 1.29 is 57.6 Å². The molecule has 0 aromatic rings. The van der Waals surface area contributed by atoms with E-state index in [1.165, 1.54) is 0 Å². The van der Waals surface area contributed by atoms with Crippen molar-refractivity contribution in [3.63, 3.8) is 0 Å². The van der Waals surface area contributed by atoms with Gasteiger partial charge in [-0.25, -0.2) is 0 Å². The molecule has 0 amide bonds. The van der Waals surface area contributed by atoms with Gasteiger partial charge in [0.15, 0.2) is 0 Å². The minimum absolute atomic E-state index is 0.678. The van der Waals surface area contributed by atoms with E-state index in [1.54, 1.807) is 20.3 Å². The van der Waals surface area contributed by atoms with Crippen molar-refractivity contribution >= 4 is 40.7 Å². The normalized spacial score (nSPS) is 8.67. The summed E-state index contributed by atoms with van der Waals surface area (Å²) >= 11 is 12.5. The molecule has 0 spiro atoms. The van der Waals surface area contributed by atoms with Gasteiger partial charge in [0.1, 0.15) is 0 Å². The van der Waals surface area contributed by atoms with E-state index in [4.69, 9.17) is 0 Å². The first-order chi connectivity index (χ1) is 2.73. The summed E-state index contributed by atoms with van der Waals surface area (Å²) in [6, 6.07) is 0. The molecule has 0 aliphatic carbocycles. The maximum absolute atomic E-state index is 4.16. The van der Waals surface area contributed by atoms with Crippen molar-refractivity contribution in [2.75, 3.05) is 0 Å². The second-order valence-corrected chi connectivity index (χ2v) is 26.6. The van der Waals surface area contributed by atoms with Crippen molar-refractivity contribution in [1.82, 2.24) is 0 Å². The summed E-state index contributed by atoms with van der Waals surface area (Å²) in [4.78, 5) is 0. The molecule has 51 valence electrons. The molecule has 0 bridgehead atoms. The van der Waals surface area contributed by atoms with Crippen LogP contribution in [0.15, 0.2) is 0 Å². The molecule has 0 aromatic heterocycles. The van der Waals surface area contributed by atoms with Crippen molar-refractivity contribution in [2.24, 2.45) is 0 Å². The van der Waals surface area contributed by atoms with Gasteiger partial charge in [-0.2, -0.15) is 0 Å². The van der Waals surface area contributed by atoms with E-state index in [2.05, 4.69) is 73.8 Å². The Bertz CT molecular complexity index is 10.3. The van der Waals surface area contributed by atoms with Crippen molar-refractivity contribution in [1.29, 1.82) is 0 Å². The average molecular weight is 637 g/mol. The average Bonchev–Trinajstić information content (AvgIpc) is 1.41. The van der Waals surface area contributed by atoms with Crippen LogP contribution in [0.2, 0.25) is 0 Å². The number of hydrogen-bond donors (Lipinski definition) is 0. The predicted octanol–water partition coefficient (Wildman–Crippen LogP) is -4.76. The fraction of sp³-hybridized carbons (Fsp3) is 0. The van der Waals surface area contributed by atoms with Gasteiger partial charge in [0.25, 0.3) is 0 Å². The summed E-state index contributed by atoms with van der Waals surface area (Å²) in [7, 11) is 0. The van der Waals surface area contributed by atoms with Crippen LogP contribution in [0.1, 0.15) is 0 Å². The van der Waals surface area contributed by atoms with Crippen molar-refractivity contribution in [2.45, 2.75) is 0 Å². The standard InChI is InChI=1S/2Cu.4HI/h;;4*1H/q+1;+2;;;;/p-2. The van der Waals surface area contributed by atoms with E-state index >= 15 is 0 Å². The molecule has 0 atom stereocenters. The Morgan fingerprint density at radius 3 is 1.33 bits per heavy atom. The summed E-state index contributed by atoms with van der Waals surface area (Å²) in [5.74, 6) is 0. The van der Waals surface area contributed by atoms with E-state index in [0.717, 1.165) is 0 Å². The molecule has 0 fully saturated rings. The van der Waals surface area contributed by atoms with Crippen LogP contribution in [-0.2, 0) is 16.9 Å². The van der Waals surface area contributed by atoms with Crippen molar-refractivity contribution in [3.05, 3.63) is 0 Å². The van der Waals surface area contributed by atoms with E-state index in [0.29, 0.717) is 4.15 Å². The van der Waals surface area contributed by atoms with Gasteiger partial charge in [0.2, 0.25) is 0 Å². The van der Waals surface area contributed by atoms with Gasteiger partial charge in [-0.1, -0.05) is 0 Å². The molecule has 0 aliphatic rings. The number of rotatable bonds is 0. The zero-order valence-electron chi connectivity index (χ0n) is 2.18. The first-order valence-electron chi connectivity index (χ1n) is 0.474. The fourth-order valence-corrected chi connectivity index (χ4v) is 0. The Morgan fingerprint density at radius 2 is 1.33 bits per heavy atom. The van der Waals surface area contributed by atoms with E-state index < -0.39 is 0 Å². The summed E-state index contributed by atoms with van der Waals surface area (Å²) < 4.78 is 0.678. The molecular weight excluding hydrogens is 635 g/mol. The topological polar surface area (TPSA) is 0 Å². The summed E-state index contributed by atoms with van der Waals surface area (Å²) in [6.07, 6.45) is 0. The first kappa shape index (κ1) is 12.6. The van der Waals surface area contributed by atoms with Crippen LogP contribution in [-0.4, -0.2) is 0 Å². The van der Waals surface area contributed by atoms with Crippen LogP contribution in [0.25, 0.3) is 0 Å². The third kappa shape index (κ3) is 24.6. The van der Waals surface area contributed by atoms with Crippen LogP contribution in [0.4, 0.5) is 0 Å². The molecule has 0 saturated heterocycles. The third-order valence-corrected chi connectivity index (χ3v) is 0. The van der Waals surface area contributed by atoms with Crippen LogP contribution in [0.5, 0.6) is 0 Å². The minimum atomic E-state index is 0.678. The number of halogens is 4. The molecule has 6 heteroatoms. The molecule has 0 nitrogen and oxygen atoms in total. The molecule has 0 unspecified atom stereocenters. The molecule has 0 rings (SSSR count). The monoisotopic (exact) mass is 635 g/mol. The third-order valence-electron chi connectivity index (χ3n) is 0. The van der Waals surface area contributed by atoms with Gasteiger partial charge in [-0.3, -0.25) is 0 Å². The Morgan fingerprint density at radius 1 is 1.33 bits per heavy atom. The quantitative estimate of drug-likeness (QED) is 0.185. The molecule has 0 aromatic carbocycles. The van der Waals surface area contributed by atoms with Crippen LogP contribution < -0.4 is 40.7 Å². The van der Waals surface area contributed by atoms with Crippen LogP contribution in [0, 0.1) is 0 Å². The van der Waals surface area contributed by atoms with Crippen molar-refractivity contribution in [3.8, 4) is 0 Å². The van der Waals surface area contributed by atoms with Gasteiger partial charge in [0.05, 0.1) is 0 Å². The van der Waals surface area contributed by atoms with Gasteiger partial charge in [-0.05, 0) is 0 Å². The fourth-order valence-electron chi connectivity index (χ4n) is 0. The summed E-state index contributed by atoms with van der Waals surface area (Å²) in [5.41, 5.74) is 0. The Balaban J connectivity index is 0. The first-order valence-corrected chi connectivity index (χ1v) is 13.1. The maximum atomic E-state index is 4.16. The van der Waals surface area contributed by atoms with Crippen LogP contribution in [0.3, 0.4) is 0 Å².